The van der Waals surface area contributed by atoms with Crippen molar-refractivity contribution in [1.29, 1.82) is 0 Å². The molecule has 2 nitrogen and oxygen atoms in total. The van der Waals surface area contributed by atoms with E-state index >= 15 is 0 Å². The highest BCUT2D eigenvalue weighted by Crippen LogP contribution is 2.01. The number of hydrogen-bond donors (Lipinski definition) is 0. The number of hydrogen-bond acceptors (Lipinski definition) is 2. The number of ether oxygens (including phenoxy) is 1. The number of unbranched alkanes of at least 4 members (excludes halogenated alkanes) is 1. The minimum absolute atomic E-state index is 0.0842. The molecular weight excluding hydrogens is 142 g/mol. The summed E-state index contributed by atoms with van der Waals surface area (Å²) in [6.45, 7) is -1.10. The first kappa shape index (κ1) is 9.33. The molecule has 0 fully saturated rings. The third-order valence-corrected chi connectivity index (χ3v) is 0.955. The Morgan fingerprint density at radius 1 is 1.60 bits per heavy atom. The summed E-state index contributed by atoms with van der Waals surface area (Å²) in [7, 11) is 0. The molecule has 0 aromatic rings. The molecule has 0 atom stereocenters. The summed E-state index contributed by atoms with van der Waals surface area (Å²) >= 11 is 0. The first-order valence-corrected chi connectivity index (χ1v) is 3.14. The van der Waals surface area contributed by atoms with E-state index in [2.05, 4.69) is 4.74 Å². The van der Waals surface area contributed by atoms with Gasteiger partial charge in [0.15, 0.2) is 0 Å². The van der Waals surface area contributed by atoms with Crippen LogP contribution >= 0.6 is 0 Å². The molecule has 0 bridgehead atoms. The number of carbonyl (C=O) groups is 1. The van der Waals surface area contributed by atoms with Gasteiger partial charge in [-0.3, -0.25) is 4.79 Å². The topological polar surface area (TPSA) is 26.3 Å². The molecule has 0 saturated carbocycles. The molecule has 0 spiro atoms. The predicted octanol–water partition coefficient (Wildman–Crippen LogP) is 1.94. The number of alkyl halides is 2. The first-order chi connectivity index (χ1) is 4.66. The minimum atomic E-state index is -2.97. The molecule has 0 aliphatic heterocycles. The molecule has 0 rings (SSSR count). The largest absolute Gasteiger partial charge is 0.403 e. The molecule has 0 heterocycles. The number of halogens is 2. The second kappa shape index (κ2) is 5.14. The van der Waals surface area contributed by atoms with Crippen molar-refractivity contribution in [1.82, 2.24) is 0 Å². The maximum Gasteiger partial charge on any atom is 0.389 e. The Balaban J connectivity index is 3.26. The van der Waals surface area contributed by atoms with Crippen molar-refractivity contribution in [3.05, 3.63) is 0 Å². The second-order valence-electron chi connectivity index (χ2n) is 1.85. The van der Waals surface area contributed by atoms with Gasteiger partial charge in [-0.2, -0.15) is 8.78 Å². The lowest BCUT2D eigenvalue weighted by atomic mass is 10.3. The quantitative estimate of drug-likeness (QED) is 0.575. The van der Waals surface area contributed by atoms with E-state index in [1.54, 1.807) is 0 Å². The van der Waals surface area contributed by atoms with Crippen molar-refractivity contribution in [2.24, 2.45) is 0 Å². The van der Waals surface area contributed by atoms with Crippen molar-refractivity contribution in [2.75, 3.05) is 0 Å². The average molecular weight is 152 g/mol. The first-order valence-electron chi connectivity index (χ1n) is 3.14. The zero-order chi connectivity index (χ0) is 7.98. The van der Waals surface area contributed by atoms with E-state index in [9.17, 15) is 13.6 Å². The zero-order valence-corrected chi connectivity index (χ0v) is 5.77. The molecule has 0 aromatic heterocycles. The summed E-state index contributed by atoms with van der Waals surface area (Å²) in [6, 6.07) is 0. The van der Waals surface area contributed by atoms with Crippen molar-refractivity contribution in [3.8, 4) is 0 Å². The minimum Gasteiger partial charge on any atom is -0.403 e. The van der Waals surface area contributed by atoms with Gasteiger partial charge in [-0.1, -0.05) is 13.3 Å². The van der Waals surface area contributed by atoms with Crippen molar-refractivity contribution < 1.29 is 18.3 Å². The van der Waals surface area contributed by atoms with Crippen LogP contribution in [0.15, 0.2) is 0 Å². The number of rotatable bonds is 4. The van der Waals surface area contributed by atoms with Crippen molar-refractivity contribution in [3.63, 3.8) is 0 Å². The average Bonchev–Trinajstić information content (AvgIpc) is 1.82. The van der Waals surface area contributed by atoms with Gasteiger partial charge < -0.3 is 4.74 Å². The maximum absolute atomic E-state index is 11.3. The van der Waals surface area contributed by atoms with Gasteiger partial charge in [0.1, 0.15) is 0 Å². The van der Waals surface area contributed by atoms with Gasteiger partial charge >= 0.3 is 12.6 Å². The van der Waals surface area contributed by atoms with Gasteiger partial charge in [-0.05, 0) is 6.42 Å². The molecule has 0 unspecified atom stereocenters. The molecule has 0 saturated heterocycles. The van der Waals surface area contributed by atoms with Crippen LogP contribution < -0.4 is 0 Å². The fourth-order valence-electron chi connectivity index (χ4n) is 0.479. The summed E-state index contributed by atoms with van der Waals surface area (Å²) in [6.07, 6.45) is 1.49. The van der Waals surface area contributed by atoms with Crippen LogP contribution in [0.3, 0.4) is 0 Å². The lowest BCUT2D eigenvalue weighted by Gasteiger charge is -2.00. The molecule has 0 aromatic carbocycles. The van der Waals surface area contributed by atoms with Crippen LogP contribution in [-0.4, -0.2) is 12.6 Å². The van der Waals surface area contributed by atoms with Gasteiger partial charge in [0, 0.05) is 6.42 Å². The highest BCUT2D eigenvalue weighted by molar-refractivity contribution is 5.69. The van der Waals surface area contributed by atoms with E-state index in [1.165, 1.54) is 0 Å². The molecule has 4 heteroatoms. The Bertz CT molecular complexity index is 104. The van der Waals surface area contributed by atoms with Gasteiger partial charge in [0.25, 0.3) is 0 Å². The molecular formula is C6H10F2O2. The van der Waals surface area contributed by atoms with Gasteiger partial charge in [0.2, 0.25) is 0 Å². The third kappa shape index (κ3) is 5.47. The van der Waals surface area contributed by atoms with Gasteiger partial charge in [0.05, 0.1) is 0 Å². The summed E-state index contributed by atoms with van der Waals surface area (Å²) in [5, 5.41) is 0. The third-order valence-electron chi connectivity index (χ3n) is 0.955. The fraction of sp³-hybridized carbons (Fsp3) is 0.833. The summed E-state index contributed by atoms with van der Waals surface area (Å²) in [5.41, 5.74) is 0. The van der Waals surface area contributed by atoms with Crippen LogP contribution in [0.4, 0.5) is 8.78 Å². The van der Waals surface area contributed by atoms with E-state index in [1.807, 2.05) is 6.92 Å². The van der Waals surface area contributed by atoms with Crippen LogP contribution in [0.25, 0.3) is 0 Å². The van der Waals surface area contributed by atoms with Crippen LogP contribution in [0, 0.1) is 0 Å². The van der Waals surface area contributed by atoms with Gasteiger partial charge in [-0.15, -0.1) is 0 Å². The Morgan fingerprint density at radius 3 is 2.60 bits per heavy atom. The van der Waals surface area contributed by atoms with Gasteiger partial charge in [-0.25, -0.2) is 0 Å². The molecule has 0 aliphatic carbocycles. The van der Waals surface area contributed by atoms with Crippen LogP contribution in [0.1, 0.15) is 26.2 Å². The second-order valence-corrected chi connectivity index (χ2v) is 1.85. The zero-order valence-electron chi connectivity index (χ0n) is 5.77. The van der Waals surface area contributed by atoms with E-state index in [0.29, 0.717) is 6.42 Å². The monoisotopic (exact) mass is 152 g/mol. The molecule has 10 heavy (non-hydrogen) atoms. The molecule has 0 radical (unpaired) electrons. The Hall–Kier alpha value is -0.670. The highest BCUT2D eigenvalue weighted by Gasteiger charge is 2.08. The molecule has 0 aliphatic rings. The summed E-state index contributed by atoms with van der Waals surface area (Å²) in [4.78, 5) is 10.3. The Labute approximate surface area is 58.2 Å². The summed E-state index contributed by atoms with van der Waals surface area (Å²) in [5.74, 6) is -0.822. The Morgan fingerprint density at radius 2 is 2.20 bits per heavy atom. The standard InChI is InChI=1S/C6H10F2O2/c1-2-3-4-5(9)10-6(7)8/h6H,2-4H2,1H3. The van der Waals surface area contributed by atoms with E-state index < -0.39 is 12.6 Å². The summed E-state index contributed by atoms with van der Waals surface area (Å²) < 4.78 is 26.1. The van der Waals surface area contributed by atoms with Crippen molar-refractivity contribution in [2.45, 2.75) is 32.8 Å². The fourth-order valence-corrected chi connectivity index (χ4v) is 0.479. The smallest absolute Gasteiger partial charge is 0.389 e. The lowest BCUT2D eigenvalue weighted by molar-refractivity contribution is -0.176. The predicted molar refractivity (Wildman–Crippen MR) is 31.6 cm³/mol. The number of esters is 1. The molecule has 0 N–H and O–H groups in total. The van der Waals surface area contributed by atoms with Crippen LogP contribution in [0.2, 0.25) is 0 Å². The van der Waals surface area contributed by atoms with Crippen LogP contribution in [-0.2, 0) is 9.53 Å². The molecule has 60 valence electrons. The van der Waals surface area contributed by atoms with E-state index in [4.69, 9.17) is 0 Å². The lowest BCUT2D eigenvalue weighted by Crippen LogP contribution is -2.08. The SMILES string of the molecule is CCCCC(=O)OC(F)F. The van der Waals surface area contributed by atoms with Crippen molar-refractivity contribution >= 4 is 5.97 Å². The normalized spacial score (nSPS) is 10.0. The van der Waals surface area contributed by atoms with Crippen LogP contribution in [0.5, 0.6) is 0 Å². The maximum atomic E-state index is 11.3. The van der Waals surface area contributed by atoms with E-state index in [0.717, 1.165) is 6.42 Å². The van der Waals surface area contributed by atoms with E-state index in [-0.39, 0.29) is 6.42 Å². The highest BCUT2D eigenvalue weighted by atomic mass is 19.3. The number of carbonyl (C=O) groups excluding carboxylic acids is 1. The Kier molecular flexibility index (Phi) is 4.80. The molecule has 0 amide bonds.